The van der Waals surface area contributed by atoms with Crippen molar-refractivity contribution in [3.63, 3.8) is 0 Å². The number of fused-ring (bicyclic) bond motifs is 3. The predicted octanol–water partition coefficient (Wildman–Crippen LogP) is -0.399. The first kappa shape index (κ1) is 34.9. The Morgan fingerprint density at radius 2 is 1.10 bits per heavy atom. The summed E-state index contributed by atoms with van der Waals surface area (Å²) in [5.41, 5.74) is 4.22. The van der Waals surface area contributed by atoms with Gasteiger partial charge in [-0.3, -0.25) is 14.4 Å². The van der Waals surface area contributed by atoms with Crippen LogP contribution in [0.4, 0.5) is 11.4 Å². The molecule has 4 unspecified atom stereocenters. The first-order chi connectivity index (χ1) is 19.1. The van der Waals surface area contributed by atoms with Gasteiger partial charge in [-0.15, -0.1) is 0 Å². The van der Waals surface area contributed by atoms with Crippen LogP contribution in [0.5, 0.6) is 0 Å². The zero-order valence-electron chi connectivity index (χ0n) is 25.5. The summed E-state index contributed by atoms with van der Waals surface area (Å²) in [6.07, 6.45) is 8.36. The monoisotopic (exact) mass is 800 g/mol. The molecule has 2 aliphatic heterocycles. The van der Waals surface area contributed by atoms with Crippen molar-refractivity contribution in [2.75, 3.05) is 50.9 Å². The Labute approximate surface area is 285 Å². The molecule has 9 heteroatoms. The average Bonchev–Trinajstić information content (AvgIpc) is 3.21. The largest absolute Gasteiger partial charge is 1.00 e. The maximum Gasteiger partial charge on any atom is 0.230 e. The van der Waals surface area contributed by atoms with Crippen LogP contribution in [0, 0.1) is 0 Å². The number of rotatable bonds is 8. The molecule has 3 aliphatic rings. The fourth-order valence-corrected chi connectivity index (χ4v) is 6.95. The highest BCUT2D eigenvalue weighted by Gasteiger charge is 2.34. The number of hydrogen-bond acceptors (Lipinski definition) is 3. The van der Waals surface area contributed by atoms with Gasteiger partial charge < -0.3 is 67.6 Å². The van der Waals surface area contributed by atoms with Gasteiger partial charge in [0, 0.05) is 22.5 Å². The van der Waals surface area contributed by atoms with E-state index in [1.54, 1.807) is 12.1 Å². The number of piperidine rings is 2. The van der Waals surface area contributed by atoms with Crippen LogP contribution in [0.1, 0.15) is 81.1 Å². The number of anilines is 2. The van der Waals surface area contributed by atoms with Gasteiger partial charge >= 0.3 is 0 Å². The Hall–Kier alpha value is -1.57. The fraction of sp³-hybridized carbons (Fsp3) is 0.545. The van der Waals surface area contributed by atoms with Gasteiger partial charge in [0.1, 0.15) is 0 Å². The lowest BCUT2D eigenvalue weighted by atomic mass is 10.0. The Bertz CT molecular complexity index is 1220. The molecule has 0 aromatic heterocycles. The number of ketones is 1. The van der Waals surface area contributed by atoms with Crippen LogP contribution < -0.4 is 58.6 Å². The third kappa shape index (κ3) is 7.55. The number of halogens is 2. The zero-order chi connectivity index (χ0) is 28.5. The second kappa shape index (κ2) is 14.5. The highest BCUT2D eigenvalue weighted by molar-refractivity contribution is 6.22. The molecule has 230 valence electrons. The van der Waals surface area contributed by atoms with Crippen LogP contribution in [0.2, 0.25) is 0 Å². The molecule has 2 aromatic carbocycles. The number of benzene rings is 2. The summed E-state index contributed by atoms with van der Waals surface area (Å²) in [5.74, 6) is -0.0992. The van der Waals surface area contributed by atoms with Crippen molar-refractivity contribution in [3.05, 3.63) is 47.5 Å². The molecule has 0 saturated carbocycles. The van der Waals surface area contributed by atoms with Crippen molar-refractivity contribution < 1.29 is 71.3 Å². The minimum Gasteiger partial charge on any atom is -1.00 e. The Morgan fingerprint density at radius 1 is 0.690 bits per heavy atom. The van der Waals surface area contributed by atoms with E-state index in [2.05, 4.69) is 38.6 Å². The molecular formula is C33H46I2N4O3. The van der Waals surface area contributed by atoms with E-state index in [9.17, 15) is 14.4 Å². The van der Waals surface area contributed by atoms with Crippen molar-refractivity contribution in [2.24, 2.45) is 0 Å². The number of quaternary nitrogens is 2. The van der Waals surface area contributed by atoms with Gasteiger partial charge in [0.15, 0.2) is 5.78 Å². The lowest BCUT2D eigenvalue weighted by Gasteiger charge is -2.43. The molecular weight excluding hydrogens is 754 g/mol. The smallest absolute Gasteiger partial charge is 0.230 e. The van der Waals surface area contributed by atoms with E-state index < -0.39 is 0 Å². The molecule has 7 nitrogen and oxygen atoms in total. The van der Waals surface area contributed by atoms with Crippen molar-refractivity contribution in [3.8, 4) is 11.1 Å². The summed E-state index contributed by atoms with van der Waals surface area (Å²) in [5, 5.41) is 6.03. The Morgan fingerprint density at radius 3 is 1.48 bits per heavy atom. The molecule has 2 amide bonds. The minimum atomic E-state index is -0.0717. The summed E-state index contributed by atoms with van der Waals surface area (Å²) in [6.45, 7) is 8.48. The third-order valence-electron chi connectivity index (χ3n) is 10.3. The number of hydrogen-bond donors (Lipinski definition) is 2. The summed E-state index contributed by atoms with van der Waals surface area (Å²) in [7, 11) is 4.52. The number of nitrogens with zero attached hydrogens (tertiary/aromatic N) is 2. The Balaban J connectivity index is 0.00000242. The van der Waals surface area contributed by atoms with E-state index in [1.165, 1.54) is 38.5 Å². The SMILES string of the molecule is CC1CCCC[N+]1(C)CCC(=O)Nc1ccc2c(c1)C(=O)c1cc(NC(=O)CC[N+]3(C)CCCCC3C)ccc1-2.[I-].[I-]. The molecule has 2 heterocycles. The molecule has 0 radical (unpaired) electrons. The first-order valence-electron chi connectivity index (χ1n) is 15.2. The van der Waals surface area contributed by atoms with Gasteiger partial charge in [0.05, 0.1) is 65.2 Å². The maximum absolute atomic E-state index is 13.4. The quantitative estimate of drug-likeness (QED) is 0.241. The molecule has 2 aromatic rings. The molecule has 2 saturated heterocycles. The van der Waals surface area contributed by atoms with E-state index in [0.717, 1.165) is 46.3 Å². The fourth-order valence-electron chi connectivity index (χ4n) is 6.95. The molecule has 1 aliphatic carbocycles. The van der Waals surface area contributed by atoms with E-state index in [4.69, 9.17) is 0 Å². The van der Waals surface area contributed by atoms with Gasteiger partial charge in [-0.05, 0) is 87.8 Å². The molecule has 2 N–H and O–H groups in total. The molecule has 2 fully saturated rings. The van der Waals surface area contributed by atoms with Crippen LogP contribution in [0.3, 0.4) is 0 Å². The molecule has 0 bridgehead atoms. The van der Waals surface area contributed by atoms with Gasteiger partial charge in [0.2, 0.25) is 11.8 Å². The first-order valence-corrected chi connectivity index (χ1v) is 15.2. The van der Waals surface area contributed by atoms with Crippen molar-refractivity contribution in [2.45, 2.75) is 77.3 Å². The van der Waals surface area contributed by atoms with E-state index in [0.29, 0.717) is 47.4 Å². The molecule has 0 spiro atoms. The Kier molecular flexibility index (Phi) is 12.0. The minimum absolute atomic E-state index is 0. The summed E-state index contributed by atoms with van der Waals surface area (Å²) >= 11 is 0. The van der Waals surface area contributed by atoms with Crippen LogP contribution in [-0.4, -0.2) is 78.9 Å². The van der Waals surface area contributed by atoms with E-state index >= 15 is 0 Å². The lowest BCUT2D eigenvalue weighted by molar-refractivity contribution is -0.935. The van der Waals surface area contributed by atoms with Gasteiger partial charge in [-0.1, -0.05) is 12.1 Å². The number of nitrogens with one attached hydrogen (secondary N) is 2. The number of carbonyl (C=O) groups is 3. The second-order valence-corrected chi connectivity index (χ2v) is 13.0. The van der Waals surface area contributed by atoms with E-state index in [-0.39, 0.29) is 65.6 Å². The van der Waals surface area contributed by atoms with Crippen LogP contribution in [0.15, 0.2) is 36.4 Å². The van der Waals surface area contributed by atoms with Crippen LogP contribution >= 0.6 is 0 Å². The second-order valence-electron chi connectivity index (χ2n) is 13.0. The van der Waals surface area contributed by atoms with Crippen molar-refractivity contribution in [1.82, 2.24) is 0 Å². The van der Waals surface area contributed by atoms with Crippen LogP contribution in [-0.2, 0) is 9.59 Å². The summed E-state index contributed by atoms with van der Waals surface area (Å²) in [6, 6.07) is 12.3. The van der Waals surface area contributed by atoms with Crippen molar-refractivity contribution >= 4 is 29.0 Å². The zero-order valence-corrected chi connectivity index (χ0v) is 29.8. The number of likely N-dealkylation sites (tertiary alicyclic amines) is 2. The number of carbonyl (C=O) groups excluding carboxylic acids is 3. The van der Waals surface area contributed by atoms with Crippen molar-refractivity contribution in [1.29, 1.82) is 0 Å². The average molecular weight is 801 g/mol. The summed E-state index contributed by atoms with van der Waals surface area (Å²) in [4.78, 5) is 38.9. The standard InChI is InChI=1S/C33H44N4O3.2HI/c1-23-9-5-7-17-36(23,3)19-15-31(38)34-25-11-13-27-28-14-12-26(22-30(28)33(40)29(27)21-25)35-32(39)16-20-37(4)18-8-6-10-24(37)2;;/h11-14,21-24H,5-10,15-20H2,1-4H3;2*1H. The highest BCUT2D eigenvalue weighted by Crippen LogP contribution is 2.39. The van der Waals surface area contributed by atoms with Gasteiger partial charge in [-0.2, -0.15) is 0 Å². The van der Waals surface area contributed by atoms with Gasteiger partial charge in [-0.25, -0.2) is 0 Å². The maximum atomic E-state index is 13.4. The topological polar surface area (TPSA) is 75.3 Å². The van der Waals surface area contributed by atoms with E-state index in [1.807, 2.05) is 24.3 Å². The highest BCUT2D eigenvalue weighted by atomic mass is 127. The number of amides is 2. The normalized spacial score (nSPS) is 26.2. The molecule has 42 heavy (non-hydrogen) atoms. The predicted molar refractivity (Wildman–Crippen MR) is 160 cm³/mol. The lowest BCUT2D eigenvalue weighted by Crippen LogP contribution is -3.00. The summed E-state index contributed by atoms with van der Waals surface area (Å²) < 4.78 is 1.89. The third-order valence-corrected chi connectivity index (χ3v) is 10.3. The molecule has 4 atom stereocenters. The molecule has 5 rings (SSSR count). The van der Waals surface area contributed by atoms with Crippen LogP contribution in [0.25, 0.3) is 11.1 Å². The van der Waals surface area contributed by atoms with Gasteiger partial charge in [0.25, 0.3) is 0 Å².